The Hall–Kier alpha value is -2.80. The highest BCUT2D eigenvalue weighted by Crippen LogP contribution is 2.27. The molecule has 0 spiro atoms. The van der Waals surface area contributed by atoms with Crippen LogP contribution in [-0.2, 0) is 6.42 Å². The van der Waals surface area contributed by atoms with Crippen LogP contribution in [0.15, 0.2) is 52.9 Å². The maximum atomic E-state index is 12.8. The van der Waals surface area contributed by atoms with Crippen molar-refractivity contribution in [3.8, 4) is 0 Å². The van der Waals surface area contributed by atoms with Crippen LogP contribution in [0.1, 0.15) is 45.5 Å². The number of rotatable bonds is 4. The van der Waals surface area contributed by atoms with Gasteiger partial charge in [-0.25, -0.2) is 9.97 Å². The minimum absolute atomic E-state index is 0.0112. The summed E-state index contributed by atoms with van der Waals surface area (Å²) >= 11 is 1.53. The molecule has 1 saturated heterocycles. The Morgan fingerprint density at radius 2 is 2.00 bits per heavy atom. The normalized spacial score (nSPS) is 15.0. The molecule has 1 N–H and O–H groups in total. The topological polar surface area (TPSA) is 79.0 Å². The number of H-pyrrole nitrogens is 1. The second-order valence-corrected chi connectivity index (χ2v) is 7.63. The second kappa shape index (κ2) is 7.84. The SMILES string of the molecule is O=C(c1csc(Cc2ccccc2)n1)N1CCC(c2cc(=O)[nH]cn2)CC1. The highest BCUT2D eigenvalue weighted by molar-refractivity contribution is 7.09. The number of aromatic nitrogens is 3. The van der Waals surface area contributed by atoms with E-state index < -0.39 is 0 Å². The van der Waals surface area contributed by atoms with Crippen LogP contribution in [0.3, 0.4) is 0 Å². The predicted molar refractivity (Wildman–Crippen MR) is 104 cm³/mol. The van der Waals surface area contributed by atoms with Gasteiger partial charge in [-0.1, -0.05) is 30.3 Å². The van der Waals surface area contributed by atoms with E-state index in [1.54, 1.807) is 6.07 Å². The molecule has 7 heteroatoms. The summed E-state index contributed by atoms with van der Waals surface area (Å²) in [5.74, 6) is 0.211. The number of hydrogen-bond acceptors (Lipinski definition) is 5. The van der Waals surface area contributed by atoms with Gasteiger partial charge in [0, 0.05) is 36.9 Å². The molecule has 1 fully saturated rings. The van der Waals surface area contributed by atoms with Crippen molar-refractivity contribution in [2.75, 3.05) is 13.1 Å². The molecule has 0 bridgehead atoms. The summed E-state index contributed by atoms with van der Waals surface area (Å²) in [4.78, 5) is 37.4. The van der Waals surface area contributed by atoms with E-state index >= 15 is 0 Å². The Morgan fingerprint density at radius 1 is 1.22 bits per heavy atom. The van der Waals surface area contributed by atoms with Gasteiger partial charge in [0.05, 0.1) is 17.0 Å². The first-order valence-corrected chi connectivity index (χ1v) is 9.89. The van der Waals surface area contributed by atoms with Crippen LogP contribution in [0.4, 0.5) is 0 Å². The van der Waals surface area contributed by atoms with Gasteiger partial charge in [0.1, 0.15) is 5.69 Å². The quantitative estimate of drug-likeness (QED) is 0.755. The largest absolute Gasteiger partial charge is 0.337 e. The average molecular weight is 380 g/mol. The lowest BCUT2D eigenvalue weighted by atomic mass is 9.93. The molecule has 1 aliphatic heterocycles. The zero-order valence-electron chi connectivity index (χ0n) is 14.8. The summed E-state index contributed by atoms with van der Waals surface area (Å²) in [6, 6.07) is 11.7. The number of piperidine rings is 1. The molecule has 0 unspecified atom stereocenters. The molecule has 0 aliphatic carbocycles. The first kappa shape index (κ1) is 17.6. The standard InChI is InChI=1S/C20H20N4O2S/c25-18-11-16(21-13-22-18)15-6-8-24(9-7-15)20(26)17-12-27-19(23-17)10-14-4-2-1-3-5-14/h1-5,11-13,15H,6-10H2,(H,21,22,25). The van der Waals surface area contributed by atoms with Crippen LogP contribution < -0.4 is 5.56 Å². The van der Waals surface area contributed by atoms with Crippen molar-refractivity contribution >= 4 is 17.2 Å². The third-order valence-electron chi connectivity index (χ3n) is 4.87. The van der Waals surface area contributed by atoms with Gasteiger partial charge < -0.3 is 9.88 Å². The van der Waals surface area contributed by atoms with Gasteiger partial charge in [-0.05, 0) is 18.4 Å². The molecule has 2 aromatic heterocycles. The molecule has 4 rings (SSSR count). The Kier molecular flexibility index (Phi) is 5.11. The Balaban J connectivity index is 1.37. The van der Waals surface area contributed by atoms with Crippen LogP contribution in [0.2, 0.25) is 0 Å². The number of carbonyl (C=O) groups excluding carboxylic acids is 1. The van der Waals surface area contributed by atoms with E-state index in [1.165, 1.54) is 23.2 Å². The predicted octanol–water partition coefficient (Wildman–Crippen LogP) is 2.84. The third kappa shape index (κ3) is 4.14. The van der Waals surface area contributed by atoms with Gasteiger partial charge in [-0.2, -0.15) is 0 Å². The molecular formula is C20H20N4O2S. The van der Waals surface area contributed by atoms with Crippen molar-refractivity contribution in [3.05, 3.63) is 80.4 Å². The van der Waals surface area contributed by atoms with Crippen LogP contribution in [0.25, 0.3) is 0 Å². The third-order valence-corrected chi connectivity index (χ3v) is 5.72. The van der Waals surface area contributed by atoms with E-state index in [1.807, 2.05) is 28.5 Å². The molecule has 6 nitrogen and oxygen atoms in total. The van der Waals surface area contributed by atoms with Crippen molar-refractivity contribution in [2.45, 2.75) is 25.2 Å². The van der Waals surface area contributed by atoms with Crippen molar-refractivity contribution in [1.82, 2.24) is 19.9 Å². The van der Waals surface area contributed by atoms with Gasteiger partial charge in [-0.3, -0.25) is 9.59 Å². The van der Waals surface area contributed by atoms with E-state index in [2.05, 4.69) is 27.1 Å². The number of nitrogens with one attached hydrogen (secondary N) is 1. The van der Waals surface area contributed by atoms with Gasteiger partial charge >= 0.3 is 0 Å². The first-order valence-electron chi connectivity index (χ1n) is 9.01. The molecular weight excluding hydrogens is 360 g/mol. The van der Waals surface area contributed by atoms with Gasteiger partial charge in [0.25, 0.3) is 11.5 Å². The van der Waals surface area contributed by atoms with Gasteiger partial charge in [0.2, 0.25) is 0 Å². The first-order chi connectivity index (χ1) is 13.2. The van der Waals surface area contributed by atoms with Gasteiger partial charge in [-0.15, -0.1) is 11.3 Å². The number of aromatic amines is 1. The smallest absolute Gasteiger partial charge is 0.273 e. The maximum Gasteiger partial charge on any atom is 0.273 e. The van der Waals surface area contributed by atoms with Gasteiger partial charge in [0.15, 0.2) is 0 Å². The van der Waals surface area contributed by atoms with E-state index in [9.17, 15) is 9.59 Å². The number of nitrogens with zero attached hydrogens (tertiary/aromatic N) is 3. The summed E-state index contributed by atoms with van der Waals surface area (Å²) in [5, 5.41) is 2.80. The Morgan fingerprint density at radius 3 is 2.74 bits per heavy atom. The molecule has 0 saturated carbocycles. The molecule has 0 atom stereocenters. The van der Waals surface area contributed by atoms with E-state index in [0.29, 0.717) is 18.8 Å². The molecule has 3 heterocycles. The fourth-order valence-corrected chi connectivity index (χ4v) is 4.21. The zero-order valence-corrected chi connectivity index (χ0v) is 15.6. The van der Waals surface area contributed by atoms with Crippen molar-refractivity contribution in [3.63, 3.8) is 0 Å². The van der Waals surface area contributed by atoms with Crippen molar-refractivity contribution < 1.29 is 4.79 Å². The van der Waals surface area contributed by atoms with Crippen LogP contribution >= 0.6 is 11.3 Å². The summed E-state index contributed by atoms with van der Waals surface area (Å²) in [7, 11) is 0. The highest BCUT2D eigenvalue weighted by atomic mass is 32.1. The number of hydrogen-bond donors (Lipinski definition) is 1. The lowest BCUT2D eigenvalue weighted by Gasteiger charge is -2.31. The number of benzene rings is 1. The number of thiazole rings is 1. The maximum absolute atomic E-state index is 12.8. The number of carbonyl (C=O) groups is 1. The average Bonchev–Trinajstić information content (AvgIpc) is 3.17. The number of likely N-dealkylation sites (tertiary alicyclic amines) is 1. The van der Waals surface area contributed by atoms with Crippen LogP contribution in [0, 0.1) is 0 Å². The van der Waals surface area contributed by atoms with E-state index in [4.69, 9.17) is 0 Å². The molecule has 3 aromatic rings. The fraction of sp³-hybridized carbons (Fsp3) is 0.300. The molecule has 27 heavy (non-hydrogen) atoms. The molecule has 138 valence electrons. The van der Waals surface area contributed by atoms with Crippen LogP contribution in [0.5, 0.6) is 0 Å². The second-order valence-electron chi connectivity index (χ2n) is 6.69. The molecule has 1 aromatic carbocycles. The minimum atomic E-state index is -0.132. The number of amides is 1. The van der Waals surface area contributed by atoms with Crippen molar-refractivity contribution in [2.24, 2.45) is 0 Å². The summed E-state index contributed by atoms with van der Waals surface area (Å²) < 4.78 is 0. The molecule has 1 amide bonds. The monoisotopic (exact) mass is 380 g/mol. The zero-order chi connectivity index (χ0) is 18.6. The highest BCUT2D eigenvalue weighted by Gasteiger charge is 2.26. The van der Waals surface area contributed by atoms with E-state index in [-0.39, 0.29) is 17.4 Å². The fourth-order valence-electron chi connectivity index (χ4n) is 3.41. The Bertz CT molecular complexity index is 975. The van der Waals surface area contributed by atoms with E-state index in [0.717, 1.165) is 30.0 Å². The Labute approximate surface area is 160 Å². The lowest BCUT2D eigenvalue weighted by molar-refractivity contribution is 0.0706. The molecule has 1 aliphatic rings. The molecule has 0 radical (unpaired) electrons. The summed E-state index contributed by atoms with van der Waals surface area (Å²) in [6.45, 7) is 1.31. The van der Waals surface area contributed by atoms with Crippen LogP contribution in [-0.4, -0.2) is 38.8 Å². The summed E-state index contributed by atoms with van der Waals surface area (Å²) in [5.41, 5.74) is 2.40. The summed E-state index contributed by atoms with van der Waals surface area (Å²) in [6.07, 6.45) is 3.81. The lowest BCUT2D eigenvalue weighted by Crippen LogP contribution is -2.38. The van der Waals surface area contributed by atoms with Crippen molar-refractivity contribution in [1.29, 1.82) is 0 Å². The minimum Gasteiger partial charge on any atom is -0.337 e.